The van der Waals surface area contributed by atoms with Gasteiger partial charge in [0.1, 0.15) is 18.3 Å². The summed E-state index contributed by atoms with van der Waals surface area (Å²) in [5.74, 6) is 2.36. The molecule has 9 heteroatoms. The van der Waals surface area contributed by atoms with Gasteiger partial charge in [0.05, 0.1) is 24.2 Å². The lowest BCUT2D eigenvalue weighted by Crippen LogP contribution is -2.21. The van der Waals surface area contributed by atoms with Crippen LogP contribution in [0.25, 0.3) is 11.0 Å². The number of H-pyrrole nitrogens is 1. The Labute approximate surface area is 156 Å². The van der Waals surface area contributed by atoms with E-state index in [1.165, 1.54) is 0 Å². The molecule has 0 radical (unpaired) electrons. The molecule has 0 aliphatic heterocycles. The molecular formula is C18H24FN7O. The molecule has 3 heterocycles. The summed E-state index contributed by atoms with van der Waals surface area (Å²) >= 11 is 0. The maximum Gasteiger partial charge on any atom is 0.163 e. The van der Waals surface area contributed by atoms with E-state index in [0.717, 1.165) is 42.6 Å². The monoisotopic (exact) mass is 373 g/mol. The topological polar surface area (TPSA) is 93.5 Å². The number of nitrogens with one attached hydrogen (secondary N) is 2. The summed E-state index contributed by atoms with van der Waals surface area (Å²) in [5, 5.41) is 15.4. The van der Waals surface area contributed by atoms with Gasteiger partial charge in [-0.2, -0.15) is 10.2 Å². The Morgan fingerprint density at radius 3 is 2.78 bits per heavy atom. The van der Waals surface area contributed by atoms with Crippen molar-refractivity contribution in [1.82, 2.24) is 29.9 Å². The average molecular weight is 373 g/mol. The van der Waals surface area contributed by atoms with E-state index >= 15 is 0 Å². The van der Waals surface area contributed by atoms with Crippen molar-refractivity contribution in [2.24, 2.45) is 0 Å². The Bertz CT molecular complexity index is 914. The van der Waals surface area contributed by atoms with E-state index in [-0.39, 0.29) is 12.5 Å². The largest absolute Gasteiger partial charge is 0.381 e. The second kappa shape index (κ2) is 7.59. The number of halogens is 1. The molecule has 8 nitrogen and oxygen atoms in total. The van der Waals surface area contributed by atoms with Gasteiger partial charge < -0.3 is 10.1 Å². The molecule has 1 fully saturated rings. The van der Waals surface area contributed by atoms with Crippen molar-refractivity contribution in [2.45, 2.75) is 51.2 Å². The zero-order chi connectivity index (χ0) is 18.8. The van der Waals surface area contributed by atoms with Gasteiger partial charge in [0, 0.05) is 24.8 Å². The first-order valence-electron chi connectivity index (χ1n) is 9.29. The summed E-state index contributed by atoms with van der Waals surface area (Å²) in [6.07, 6.45) is 5.93. The number of methoxy groups -OCH3 is 1. The number of alkyl halides is 1. The minimum atomic E-state index is -0.490. The van der Waals surface area contributed by atoms with Gasteiger partial charge in [-0.15, -0.1) is 0 Å². The molecule has 0 spiro atoms. The molecule has 0 amide bonds. The summed E-state index contributed by atoms with van der Waals surface area (Å²) < 4.78 is 20.0. The van der Waals surface area contributed by atoms with Gasteiger partial charge in [0.2, 0.25) is 0 Å². The van der Waals surface area contributed by atoms with Crippen LogP contribution >= 0.6 is 0 Å². The fraction of sp³-hybridized carbons (Fsp3) is 0.556. The van der Waals surface area contributed by atoms with Crippen LogP contribution in [0.1, 0.15) is 43.1 Å². The molecule has 4 rings (SSSR count). The molecule has 2 N–H and O–H groups in total. The standard InChI is InChI=1S/C18H24FN7O/c1-11-9-15(25-24-11)21-17-14-10-20-26(8-7-19)18(14)23-16(22-17)12-3-5-13(27-2)6-4-12/h9-10,12-13H,3-8H2,1-2H3,(H2,21,22,23,24,25). The Hall–Kier alpha value is -2.55. The van der Waals surface area contributed by atoms with Crippen LogP contribution in [0.15, 0.2) is 12.3 Å². The van der Waals surface area contributed by atoms with Crippen LogP contribution in [0.2, 0.25) is 0 Å². The Morgan fingerprint density at radius 1 is 1.30 bits per heavy atom. The van der Waals surface area contributed by atoms with E-state index in [0.29, 0.717) is 23.4 Å². The van der Waals surface area contributed by atoms with Crippen LogP contribution in [-0.4, -0.2) is 49.8 Å². The number of aromatic nitrogens is 6. The second-order valence-electron chi connectivity index (χ2n) is 6.99. The van der Waals surface area contributed by atoms with Crippen LogP contribution in [0.3, 0.4) is 0 Å². The lowest BCUT2D eigenvalue weighted by Gasteiger charge is -2.26. The van der Waals surface area contributed by atoms with Crippen LogP contribution in [-0.2, 0) is 11.3 Å². The average Bonchev–Trinajstić information content (AvgIpc) is 3.28. The highest BCUT2D eigenvalue weighted by molar-refractivity contribution is 5.88. The third-order valence-electron chi connectivity index (χ3n) is 5.13. The molecule has 1 saturated carbocycles. The van der Waals surface area contributed by atoms with E-state index in [9.17, 15) is 4.39 Å². The zero-order valence-corrected chi connectivity index (χ0v) is 15.6. The minimum absolute atomic E-state index is 0.178. The molecule has 3 aromatic heterocycles. The van der Waals surface area contributed by atoms with Gasteiger partial charge >= 0.3 is 0 Å². The van der Waals surface area contributed by atoms with E-state index in [4.69, 9.17) is 14.7 Å². The lowest BCUT2D eigenvalue weighted by molar-refractivity contribution is 0.0651. The fourth-order valence-corrected chi connectivity index (χ4v) is 3.65. The van der Waals surface area contributed by atoms with Crippen LogP contribution in [0.5, 0.6) is 0 Å². The number of nitrogens with zero attached hydrogens (tertiary/aromatic N) is 5. The van der Waals surface area contributed by atoms with Crippen LogP contribution in [0, 0.1) is 6.92 Å². The van der Waals surface area contributed by atoms with E-state index < -0.39 is 6.67 Å². The number of rotatable bonds is 6. The van der Waals surface area contributed by atoms with Gasteiger partial charge in [-0.25, -0.2) is 19.0 Å². The maximum absolute atomic E-state index is 12.9. The first-order chi connectivity index (χ1) is 13.2. The van der Waals surface area contributed by atoms with E-state index in [1.807, 2.05) is 13.0 Å². The number of anilines is 2. The zero-order valence-electron chi connectivity index (χ0n) is 15.6. The number of hydrogen-bond acceptors (Lipinski definition) is 6. The normalized spacial score (nSPS) is 20.3. The maximum atomic E-state index is 12.9. The first-order valence-corrected chi connectivity index (χ1v) is 9.29. The van der Waals surface area contributed by atoms with E-state index in [1.54, 1.807) is 18.0 Å². The molecule has 144 valence electrons. The number of ether oxygens (including phenoxy) is 1. The molecule has 0 unspecified atom stereocenters. The third kappa shape index (κ3) is 3.64. The SMILES string of the molecule is COC1CCC(c2nc(Nc3cc(C)[nH]n3)c3cnn(CCF)c3n2)CC1. The quantitative estimate of drug-likeness (QED) is 0.689. The number of aromatic amines is 1. The van der Waals surface area contributed by atoms with Crippen LogP contribution in [0.4, 0.5) is 16.0 Å². The van der Waals surface area contributed by atoms with Gasteiger partial charge in [0.15, 0.2) is 11.5 Å². The van der Waals surface area contributed by atoms with Gasteiger partial charge in [-0.3, -0.25) is 5.10 Å². The molecular weight excluding hydrogens is 349 g/mol. The number of fused-ring (bicyclic) bond motifs is 1. The third-order valence-corrected chi connectivity index (χ3v) is 5.13. The van der Waals surface area contributed by atoms with Crippen molar-refractivity contribution in [1.29, 1.82) is 0 Å². The van der Waals surface area contributed by atoms with Crippen LogP contribution < -0.4 is 5.32 Å². The van der Waals surface area contributed by atoms with Crippen molar-refractivity contribution in [2.75, 3.05) is 19.1 Å². The summed E-state index contributed by atoms with van der Waals surface area (Å²) in [6, 6.07) is 1.91. The smallest absolute Gasteiger partial charge is 0.163 e. The highest BCUT2D eigenvalue weighted by Gasteiger charge is 2.26. The predicted molar refractivity (Wildman–Crippen MR) is 99.9 cm³/mol. The molecule has 27 heavy (non-hydrogen) atoms. The molecule has 1 aliphatic carbocycles. The number of aryl methyl sites for hydroxylation is 2. The molecule has 0 atom stereocenters. The molecule has 0 saturated heterocycles. The Morgan fingerprint density at radius 2 is 2.11 bits per heavy atom. The fourth-order valence-electron chi connectivity index (χ4n) is 3.65. The van der Waals surface area contributed by atoms with Crippen molar-refractivity contribution >= 4 is 22.7 Å². The van der Waals surface area contributed by atoms with Gasteiger partial charge in [-0.1, -0.05) is 0 Å². The van der Waals surface area contributed by atoms with Crippen molar-refractivity contribution in [3.63, 3.8) is 0 Å². The van der Waals surface area contributed by atoms with Gasteiger partial charge in [-0.05, 0) is 32.6 Å². The summed E-state index contributed by atoms with van der Waals surface area (Å²) in [5.41, 5.74) is 1.61. The highest BCUT2D eigenvalue weighted by Crippen LogP contribution is 2.34. The van der Waals surface area contributed by atoms with Gasteiger partial charge in [0.25, 0.3) is 0 Å². The van der Waals surface area contributed by atoms with Crippen molar-refractivity contribution in [3.8, 4) is 0 Å². The second-order valence-corrected chi connectivity index (χ2v) is 6.99. The highest BCUT2D eigenvalue weighted by atomic mass is 19.1. The summed E-state index contributed by atoms with van der Waals surface area (Å²) in [4.78, 5) is 9.54. The van der Waals surface area contributed by atoms with E-state index in [2.05, 4.69) is 20.6 Å². The first kappa shape index (κ1) is 17.8. The molecule has 0 bridgehead atoms. The molecule has 0 aromatic carbocycles. The van der Waals surface area contributed by atoms with Crippen molar-refractivity contribution < 1.29 is 9.13 Å². The Kier molecular flexibility index (Phi) is 5.02. The predicted octanol–water partition coefficient (Wildman–Crippen LogP) is 3.24. The minimum Gasteiger partial charge on any atom is -0.381 e. The van der Waals surface area contributed by atoms with Crippen molar-refractivity contribution in [3.05, 3.63) is 23.8 Å². The summed E-state index contributed by atoms with van der Waals surface area (Å²) in [6.45, 7) is 1.63. The lowest BCUT2D eigenvalue weighted by atomic mass is 9.87. The molecule has 3 aromatic rings. The Balaban J connectivity index is 1.71. The molecule has 1 aliphatic rings. The number of hydrogen-bond donors (Lipinski definition) is 2. The summed E-state index contributed by atoms with van der Waals surface area (Å²) in [7, 11) is 1.76.